The summed E-state index contributed by atoms with van der Waals surface area (Å²) >= 11 is 0. The first kappa shape index (κ1) is 41.0. The third kappa shape index (κ3) is 12.7. The lowest BCUT2D eigenvalue weighted by Crippen LogP contribution is -2.61. The number of aliphatic hydroxyl groups is 2. The fourth-order valence-corrected chi connectivity index (χ4v) is 6.45. The zero-order chi connectivity index (χ0) is 38.0. The molecule has 1 saturated heterocycles. The summed E-state index contributed by atoms with van der Waals surface area (Å²) in [6.45, 7) is 5.15. The number of amides is 1. The minimum atomic E-state index is -1.18. The quantitative estimate of drug-likeness (QED) is 0.0810. The van der Waals surface area contributed by atoms with E-state index in [1.54, 1.807) is 19.9 Å². The van der Waals surface area contributed by atoms with Gasteiger partial charge in [0.2, 0.25) is 5.91 Å². The maximum Gasteiger partial charge on any atom is 0.220 e. The minimum Gasteiger partial charge on any atom is -0.390 e. The highest BCUT2D eigenvalue weighted by Crippen LogP contribution is 2.32. The Hall–Kier alpha value is -4.19. The zero-order valence-electron chi connectivity index (χ0n) is 31.3. The summed E-state index contributed by atoms with van der Waals surface area (Å²) in [5.74, 6) is -0.228. The fourth-order valence-electron chi connectivity index (χ4n) is 6.45. The van der Waals surface area contributed by atoms with Gasteiger partial charge in [0.1, 0.15) is 30.5 Å². The van der Waals surface area contributed by atoms with E-state index in [4.69, 9.17) is 23.7 Å². The van der Waals surface area contributed by atoms with E-state index in [0.29, 0.717) is 39.3 Å². The van der Waals surface area contributed by atoms with Crippen molar-refractivity contribution in [2.45, 2.75) is 108 Å². The second-order valence-corrected chi connectivity index (χ2v) is 13.6. The van der Waals surface area contributed by atoms with Crippen LogP contribution in [0.5, 0.6) is 0 Å². The summed E-state index contributed by atoms with van der Waals surface area (Å²) < 4.78 is 33.6. The van der Waals surface area contributed by atoms with Crippen molar-refractivity contribution in [3.63, 3.8) is 0 Å². The largest absolute Gasteiger partial charge is 0.390 e. The van der Waals surface area contributed by atoms with E-state index < -0.39 is 48.8 Å². The van der Waals surface area contributed by atoms with Gasteiger partial charge in [0.25, 0.3) is 0 Å². The molecule has 1 aliphatic rings. The van der Waals surface area contributed by atoms with Crippen molar-refractivity contribution < 1.29 is 38.7 Å². The Morgan fingerprint density at radius 2 is 1.11 bits per heavy atom. The van der Waals surface area contributed by atoms with Gasteiger partial charge in [-0.15, -0.1) is 0 Å². The van der Waals surface area contributed by atoms with E-state index >= 15 is 0 Å². The first-order chi connectivity index (χ1) is 26.4. The number of hydrogen-bond acceptors (Lipinski definition) is 8. The van der Waals surface area contributed by atoms with Gasteiger partial charge in [-0.1, -0.05) is 147 Å². The number of carbonyl (C=O) groups excluding carboxylic acids is 1. The molecule has 288 valence electrons. The lowest BCUT2D eigenvalue weighted by atomic mass is 9.92. The van der Waals surface area contributed by atoms with Crippen LogP contribution in [0.15, 0.2) is 133 Å². The summed E-state index contributed by atoms with van der Waals surface area (Å²) in [7, 11) is 0. The maximum absolute atomic E-state index is 12.4. The molecule has 0 radical (unpaired) electrons. The molecule has 1 amide bonds. The Kier molecular flexibility index (Phi) is 16.9. The van der Waals surface area contributed by atoms with E-state index in [1.807, 2.05) is 127 Å². The van der Waals surface area contributed by atoms with Crippen molar-refractivity contribution in [1.82, 2.24) is 5.32 Å². The van der Waals surface area contributed by atoms with Gasteiger partial charge < -0.3 is 39.2 Å². The second-order valence-electron chi connectivity index (χ2n) is 13.6. The Balaban J connectivity index is 1.47. The van der Waals surface area contributed by atoms with E-state index in [0.717, 1.165) is 22.3 Å². The van der Waals surface area contributed by atoms with Crippen molar-refractivity contribution in [1.29, 1.82) is 0 Å². The van der Waals surface area contributed by atoms with E-state index in [9.17, 15) is 15.0 Å². The fraction of sp³-hybridized carbons (Fsp3) is 0.400. The zero-order valence-corrected chi connectivity index (χ0v) is 31.3. The van der Waals surface area contributed by atoms with E-state index in [1.165, 1.54) is 0 Å². The van der Waals surface area contributed by atoms with Crippen LogP contribution < -0.4 is 5.32 Å². The van der Waals surface area contributed by atoms with Crippen molar-refractivity contribution in [3.8, 4) is 0 Å². The molecule has 0 saturated carbocycles. The molecule has 1 heterocycles. The van der Waals surface area contributed by atoms with Gasteiger partial charge in [-0.3, -0.25) is 4.79 Å². The molecular weight excluding hydrogens is 682 g/mol. The van der Waals surface area contributed by atoms with E-state index in [-0.39, 0.29) is 18.9 Å². The van der Waals surface area contributed by atoms with Gasteiger partial charge in [0, 0.05) is 6.42 Å². The van der Waals surface area contributed by atoms with Gasteiger partial charge >= 0.3 is 0 Å². The highest BCUT2D eigenvalue weighted by Gasteiger charge is 2.48. The molecule has 4 aromatic carbocycles. The second kappa shape index (κ2) is 22.3. The summed E-state index contributed by atoms with van der Waals surface area (Å²) in [4.78, 5) is 12.4. The lowest BCUT2D eigenvalue weighted by Gasteiger charge is -2.46. The molecule has 9 nitrogen and oxygen atoms in total. The predicted molar refractivity (Wildman–Crippen MR) is 208 cm³/mol. The van der Waals surface area contributed by atoms with Crippen LogP contribution in [0.1, 0.15) is 55.4 Å². The van der Waals surface area contributed by atoms with E-state index in [2.05, 4.69) is 5.32 Å². The highest BCUT2D eigenvalue weighted by molar-refractivity contribution is 5.76. The Bertz CT molecular complexity index is 1640. The van der Waals surface area contributed by atoms with Crippen LogP contribution in [0, 0.1) is 0 Å². The van der Waals surface area contributed by atoms with Crippen LogP contribution in [0.2, 0.25) is 0 Å². The summed E-state index contributed by atoms with van der Waals surface area (Å²) in [6.07, 6.45) is -0.422. The number of ether oxygens (including phenoxy) is 5. The number of rotatable bonds is 21. The molecule has 0 aromatic heterocycles. The van der Waals surface area contributed by atoms with Crippen molar-refractivity contribution in [3.05, 3.63) is 156 Å². The van der Waals surface area contributed by atoms with Gasteiger partial charge in [0.15, 0.2) is 0 Å². The van der Waals surface area contributed by atoms with Crippen LogP contribution in [0.25, 0.3) is 0 Å². The third-order valence-electron chi connectivity index (χ3n) is 9.52. The molecule has 54 heavy (non-hydrogen) atoms. The smallest absolute Gasteiger partial charge is 0.220 e. The molecule has 9 heteroatoms. The van der Waals surface area contributed by atoms with Gasteiger partial charge in [0.05, 0.1) is 51.3 Å². The van der Waals surface area contributed by atoms with Crippen LogP contribution >= 0.6 is 0 Å². The molecule has 1 aliphatic heterocycles. The molecule has 8 atom stereocenters. The molecule has 5 rings (SSSR count). The SMILES string of the molecule is CCC(=O)N[C@@H](C=CC[C@H]1OC(COCc2ccccc2)[C@H](OCc2ccccc2)[C@@H](OCc2ccccc2)C1OCc1ccccc1)[C@H](O)[C@H](O)CC. The first-order valence-electron chi connectivity index (χ1n) is 19.0. The molecule has 3 N–H and O–H groups in total. The van der Waals surface area contributed by atoms with Crippen LogP contribution in [-0.2, 0) is 54.9 Å². The average molecular weight is 738 g/mol. The molecule has 0 spiro atoms. The topological polar surface area (TPSA) is 116 Å². The van der Waals surface area contributed by atoms with Crippen LogP contribution in [0.3, 0.4) is 0 Å². The molecular formula is C45H55NO8. The number of hydrogen-bond donors (Lipinski definition) is 3. The predicted octanol–water partition coefficient (Wildman–Crippen LogP) is 6.70. The molecule has 4 aromatic rings. The first-order valence-corrected chi connectivity index (χ1v) is 19.0. The average Bonchev–Trinajstić information content (AvgIpc) is 3.22. The monoisotopic (exact) mass is 737 g/mol. The van der Waals surface area contributed by atoms with Crippen molar-refractivity contribution in [2.75, 3.05) is 6.61 Å². The number of carbonyl (C=O) groups is 1. The van der Waals surface area contributed by atoms with Crippen molar-refractivity contribution >= 4 is 5.91 Å². The molecule has 2 unspecified atom stereocenters. The summed E-state index contributed by atoms with van der Waals surface area (Å²) in [6, 6.07) is 39.2. The van der Waals surface area contributed by atoms with Gasteiger partial charge in [-0.05, 0) is 35.1 Å². The summed E-state index contributed by atoms with van der Waals surface area (Å²) in [5, 5.41) is 24.3. The lowest BCUT2D eigenvalue weighted by molar-refractivity contribution is -0.271. The number of nitrogens with one attached hydrogen (secondary N) is 1. The highest BCUT2D eigenvalue weighted by atomic mass is 16.6. The van der Waals surface area contributed by atoms with Crippen LogP contribution in [-0.4, -0.2) is 71.5 Å². The molecule has 0 aliphatic carbocycles. The molecule has 1 fully saturated rings. The minimum absolute atomic E-state index is 0.228. The molecule has 0 bridgehead atoms. The normalized spacial score (nSPS) is 21.7. The Morgan fingerprint density at radius 1 is 0.667 bits per heavy atom. The summed E-state index contributed by atoms with van der Waals surface area (Å²) in [5.41, 5.74) is 4.08. The maximum atomic E-state index is 12.4. The Labute approximate surface area is 319 Å². The Morgan fingerprint density at radius 3 is 1.57 bits per heavy atom. The van der Waals surface area contributed by atoms with Crippen molar-refractivity contribution in [2.24, 2.45) is 0 Å². The third-order valence-corrected chi connectivity index (χ3v) is 9.52. The number of aliphatic hydroxyl groups excluding tert-OH is 2. The number of benzene rings is 4. The van der Waals surface area contributed by atoms with Gasteiger partial charge in [-0.2, -0.15) is 0 Å². The van der Waals surface area contributed by atoms with Gasteiger partial charge in [-0.25, -0.2) is 0 Å². The van der Waals surface area contributed by atoms with Crippen LogP contribution in [0.4, 0.5) is 0 Å². The standard InChI is InChI=1S/C45H55NO8/c1-3-38(47)42(49)37(46-41(48)4-2)26-17-27-39-43(51-29-34-20-11-6-12-21-34)45(53-31-36-24-15-8-16-25-36)44(52-30-35-22-13-7-14-23-35)40(54-39)32-50-28-33-18-9-5-10-19-33/h5-26,37-40,42-45,47,49H,3-4,27-32H2,1-2H3,(H,46,48)/t37-,38+,39+,40?,42-,43?,44-,45-/m0/s1.